The second-order valence-corrected chi connectivity index (χ2v) is 5.65. The van der Waals surface area contributed by atoms with Crippen LogP contribution in [0.4, 0.5) is 0 Å². The van der Waals surface area contributed by atoms with Crippen molar-refractivity contribution in [1.82, 2.24) is 10.3 Å². The van der Waals surface area contributed by atoms with Crippen molar-refractivity contribution >= 4 is 33.8 Å². The number of para-hydroxylation sites is 2. The number of ether oxygens (including phenoxy) is 1. The van der Waals surface area contributed by atoms with Crippen molar-refractivity contribution in [3.05, 3.63) is 59.9 Å². The molecule has 0 aliphatic heterocycles. The third-order valence-electron chi connectivity index (χ3n) is 3.79. The van der Waals surface area contributed by atoms with Gasteiger partial charge in [-0.15, -0.1) is 0 Å². The summed E-state index contributed by atoms with van der Waals surface area (Å²) in [5.41, 5.74) is 7.64. The smallest absolute Gasteiger partial charge is 0.311 e. The van der Waals surface area contributed by atoms with Gasteiger partial charge in [0, 0.05) is 10.8 Å². The minimum Gasteiger partial charge on any atom is -0.469 e. The first-order valence-corrected chi connectivity index (χ1v) is 8.10. The number of esters is 1. The maximum atomic E-state index is 11.0. The summed E-state index contributed by atoms with van der Waals surface area (Å²) in [6, 6.07) is 14.8. The van der Waals surface area contributed by atoms with E-state index < -0.39 is 5.91 Å². The van der Waals surface area contributed by atoms with Crippen molar-refractivity contribution in [3.8, 4) is 0 Å². The van der Waals surface area contributed by atoms with E-state index >= 15 is 0 Å². The molecule has 0 bridgehead atoms. The monoisotopic (exact) mass is 383 g/mol. The molecule has 0 fully saturated rings. The number of aromatic nitrogens is 2. The standard InChI is InChI=1S/C10H9NO3.C9H8N2O2.CH4/c1-13-10(12)6-8-7-4-2-3-5-9(7)14-11-8;10-9(12)5-7-6-3-1-2-4-8(6)13-11-7;/h2-5H,6H2,1H3;1-4H,5H2,(H2,10,12);1H4. The molecule has 2 aromatic heterocycles. The van der Waals surface area contributed by atoms with Gasteiger partial charge in [0.2, 0.25) is 5.91 Å². The van der Waals surface area contributed by atoms with Crippen LogP contribution in [-0.2, 0) is 27.2 Å². The number of rotatable bonds is 4. The molecule has 4 aromatic rings. The number of amides is 1. The van der Waals surface area contributed by atoms with Gasteiger partial charge < -0.3 is 19.5 Å². The van der Waals surface area contributed by atoms with Crippen LogP contribution in [0.5, 0.6) is 0 Å². The predicted molar refractivity (Wildman–Crippen MR) is 103 cm³/mol. The van der Waals surface area contributed by atoms with Gasteiger partial charge in [-0.25, -0.2) is 0 Å². The van der Waals surface area contributed by atoms with Gasteiger partial charge in [-0.1, -0.05) is 42.0 Å². The highest BCUT2D eigenvalue weighted by molar-refractivity contribution is 5.85. The van der Waals surface area contributed by atoms with Crippen LogP contribution in [0.1, 0.15) is 18.8 Å². The Hall–Kier alpha value is -3.68. The average molecular weight is 383 g/mol. The maximum Gasteiger partial charge on any atom is 0.311 e. The summed E-state index contributed by atoms with van der Waals surface area (Å²) < 4.78 is 14.6. The molecule has 0 saturated heterocycles. The van der Waals surface area contributed by atoms with Crippen LogP contribution in [0, 0.1) is 0 Å². The van der Waals surface area contributed by atoms with E-state index in [1.807, 2.05) is 42.5 Å². The van der Waals surface area contributed by atoms with E-state index in [0.29, 0.717) is 22.6 Å². The number of carbonyl (C=O) groups is 2. The number of nitrogens with zero attached hydrogens (tertiary/aromatic N) is 2. The van der Waals surface area contributed by atoms with Crippen LogP contribution in [0.3, 0.4) is 0 Å². The van der Waals surface area contributed by atoms with Gasteiger partial charge in [-0.3, -0.25) is 9.59 Å². The highest BCUT2D eigenvalue weighted by Crippen LogP contribution is 2.18. The lowest BCUT2D eigenvalue weighted by atomic mass is 10.2. The SMILES string of the molecule is C.COC(=O)Cc1noc2ccccc12.NC(=O)Cc1noc2ccccc12. The maximum absolute atomic E-state index is 11.0. The van der Waals surface area contributed by atoms with Gasteiger partial charge in [0.05, 0.1) is 20.0 Å². The topological polar surface area (TPSA) is 121 Å². The quantitative estimate of drug-likeness (QED) is 0.537. The Labute approximate surface area is 161 Å². The summed E-state index contributed by atoms with van der Waals surface area (Å²) in [7, 11) is 1.35. The minimum absolute atomic E-state index is 0. The van der Waals surface area contributed by atoms with Crippen molar-refractivity contribution < 1.29 is 23.4 Å². The summed E-state index contributed by atoms with van der Waals surface area (Å²) in [6.45, 7) is 0. The number of nitrogens with two attached hydrogens (primary N) is 1. The van der Waals surface area contributed by atoms with Gasteiger partial charge >= 0.3 is 5.97 Å². The molecule has 2 N–H and O–H groups in total. The number of hydrogen-bond acceptors (Lipinski definition) is 7. The third kappa shape index (κ3) is 4.73. The van der Waals surface area contributed by atoms with Crippen LogP contribution >= 0.6 is 0 Å². The zero-order valence-corrected chi connectivity index (χ0v) is 14.5. The summed E-state index contributed by atoms with van der Waals surface area (Å²) in [5, 5.41) is 9.27. The number of hydrogen-bond donors (Lipinski definition) is 1. The van der Waals surface area contributed by atoms with Crippen molar-refractivity contribution in [2.45, 2.75) is 20.3 Å². The second kappa shape index (κ2) is 9.31. The molecule has 4 rings (SSSR count). The normalized spacial score (nSPS) is 10.0. The Morgan fingerprint density at radius 2 is 1.36 bits per heavy atom. The highest BCUT2D eigenvalue weighted by atomic mass is 16.5. The minimum atomic E-state index is -0.404. The summed E-state index contributed by atoms with van der Waals surface area (Å²) in [5.74, 6) is -0.719. The molecular formula is C20H21N3O5. The Morgan fingerprint density at radius 3 is 1.82 bits per heavy atom. The average Bonchev–Trinajstić information content (AvgIpc) is 3.27. The van der Waals surface area contributed by atoms with E-state index in [4.69, 9.17) is 14.8 Å². The van der Waals surface area contributed by atoms with Crippen LogP contribution in [0.25, 0.3) is 21.9 Å². The van der Waals surface area contributed by atoms with Crippen LogP contribution in [0.2, 0.25) is 0 Å². The fourth-order valence-corrected chi connectivity index (χ4v) is 2.51. The Morgan fingerprint density at radius 1 is 0.893 bits per heavy atom. The first-order valence-electron chi connectivity index (χ1n) is 8.10. The molecule has 146 valence electrons. The Balaban J connectivity index is 0.000000194. The molecule has 8 nitrogen and oxygen atoms in total. The molecule has 0 radical (unpaired) electrons. The first-order chi connectivity index (χ1) is 13.1. The third-order valence-corrected chi connectivity index (χ3v) is 3.79. The van der Waals surface area contributed by atoms with Gasteiger partial charge in [-0.2, -0.15) is 0 Å². The van der Waals surface area contributed by atoms with Gasteiger partial charge in [0.1, 0.15) is 11.4 Å². The van der Waals surface area contributed by atoms with Gasteiger partial charge in [-0.05, 0) is 24.3 Å². The molecular weight excluding hydrogens is 362 g/mol. The van der Waals surface area contributed by atoms with Gasteiger partial charge in [0.25, 0.3) is 0 Å². The van der Waals surface area contributed by atoms with E-state index in [-0.39, 0.29) is 26.2 Å². The lowest BCUT2D eigenvalue weighted by Gasteiger charge is -1.94. The molecule has 28 heavy (non-hydrogen) atoms. The molecule has 2 heterocycles. The van der Waals surface area contributed by atoms with Gasteiger partial charge in [0.15, 0.2) is 11.2 Å². The van der Waals surface area contributed by atoms with E-state index in [2.05, 4.69) is 15.1 Å². The van der Waals surface area contributed by atoms with Crippen molar-refractivity contribution in [2.24, 2.45) is 5.73 Å². The molecule has 2 aromatic carbocycles. The zero-order valence-electron chi connectivity index (χ0n) is 14.5. The molecule has 0 spiro atoms. The van der Waals surface area contributed by atoms with E-state index in [0.717, 1.165) is 10.8 Å². The number of fused-ring (bicyclic) bond motifs is 2. The van der Waals surface area contributed by atoms with E-state index in [1.165, 1.54) is 7.11 Å². The molecule has 1 amide bonds. The number of primary amides is 1. The number of carbonyl (C=O) groups excluding carboxylic acids is 2. The van der Waals surface area contributed by atoms with E-state index in [9.17, 15) is 9.59 Å². The molecule has 0 saturated carbocycles. The summed E-state index contributed by atoms with van der Waals surface area (Å²) in [6.07, 6.45) is 0.268. The summed E-state index contributed by atoms with van der Waals surface area (Å²) >= 11 is 0. The second-order valence-electron chi connectivity index (χ2n) is 5.65. The molecule has 0 unspecified atom stereocenters. The molecule has 0 aliphatic carbocycles. The van der Waals surface area contributed by atoms with Crippen molar-refractivity contribution in [3.63, 3.8) is 0 Å². The number of benzene rings is 2. The molecule has 0 aliphatic rings. The fraction of sp³-hybridized carbons (Fsp3) is 0.200. The Kier molecular flexibility index (Phi) is 6.86. The zero-order chi connectivity index (χ0) is 19.2. The van der Waals surface area contributed by atoms with Crippen LogP contribution in [-0.4, -0.2) is 29.3 Å². The van der Waals surface area contributed by atoms with Crippen LogP contribution in [0.15, 0.2) is 57.6 Å². The van der Waals surface area contributed by atoms with Crippen LogP contribution < -0.4 is 5.73 Å². The molecule has 8 heteroatoms. The van der Waals surface area contributed by atoms with Crippen molar-refractivity contribution in [2.75, 3.05) is 7.11 Å². The predicted octanol–water partition coefficient (Wildman–Crippen LogP) is 3.04. The Bertz CT molecular complexity index is 1080. The summed E-state index contributed by atoms with van der Waals surface area (Å²) in [4.78, 5) is 21.7. The van der Waals surface area contributed by atoms with Crippen molar-refractivity contribution in [1.29, 1.82) is 0 Å². The largest absolute Gasteiger partial charge is 0.469 e. The van der Waals surface area contributed by atoms with E-state index in [1.54, 1.807) is 6.07 Å². The molecule has 0 atom stereocenters. The number of methoxy groups -OCH3 is 1. The lowest BCUT2D eigenvalue weighted by Crippen LogP contribution is -2.13. The highest BCUT2D eigenvalue weighted by Gasteiger charge is 2.11. The fourth-order valence-electron chi connectivity index (χ4n) is 2.51. The first kappa shape index (κ1) is 20.6. The lowest BCUT2D eigenvalue weighted by molar-refractivity contribution is -0.139.